The molecule has 3 atom stereocenters. The quantitative estimate of drug-likeness (QED) is 0.738. The highest BCUT2D eigenvalue weighted by Gasteiger charge is 2.31. The van der Waals surface area contributed by atoms with Crippen LogP contribution in [0.25, 0.3) is 0 Å². The van der Waals surface area contributed by atoms with E-state index < -0.39 is 0 Å². The molecule has 1 saturated heterocycles. The van der Waals surface area contributed by atoms with Crippen molar-refractivity contribution >= 4 is 11.6 Å². The van der Waals surface area contributed by atoms with Crippen LogP contribution < -0.4 is 5.32 Å². The Kier molecular flexibility index (Phi) is 4.88. The van der Waals surface area contributed by atoms with Crippen LogP contribution >= 0.6 is 11.6 Å². The number of ether oxygens (including phenoxy) is 1. The summed E-state index contributed by atoms with van der Waals surface area (Å²) in [5, 5.41) is 3.50. The van der Waals surface area contributed by atoms with E-state index in [0.717, 1.165) is 6.54 Å². The number of rotatable bonds is 5. The fourth-order valence-electron chi connectivity index (χ4n) is 1.87. The van der Waals surface area contributed by atoms with Crippen LogP contribution in [0.2, 0.25) is 0 Å². The fourth-order valence-corrected chi connectivity index (χ4v) is 2.14. The monoisotopic (exact) mass is 233 g/mol. The Hall–Kier alpha value is 0.210. The molecule has 0 amide bonds. The highest BCUT2D eigenvalue weighted by molar-refractivity contribution is 6.18. The molecule has 1 N–H and O–H groups in total. The summed E-state index contributed by atoms with van der Waals surface area (Å²) in [6, 6.07) is 0.467. The molecule has 3 unspecified atom stereocenters. The Morgan fingerprint density at radius 1 is 1.47 bits per heavy atom. The molecular weight excluding hydrogens is 210 g/mol. The van der Waals surface area contributed by atoms with Gasteiger partial charge in [-0.1, -0.05) is 6.92 Å². The maximum Gasteiger partial charge on any atom is 0.0707 e. The maximum atomic E-state index is 5.92. The van der Waals surface area contributed by atoms with Crippen LogP contribution in [0.4, 0.5) is 0 Å². The molecule has 15 heavy (non-hydrogen) atoms. The van der Waals surface area contributed by atoms with Gasteiger partial charge in [0.05, 0.1) is 11.7 Å². The van der Waals surface area contributed by atoms with Crippen molar-refractivity contribution in [3.05, 3.63) is 0 Å². The first-order valence-electron chi connectivity index (χ1n) is 5.92. The van der Waals surface area contributed by atoms with Gasteiger partial charge in [0.1, 0.15) is 0 Å². The number of nitrogens with one attached hydrogen (secondary N) is 1. The van der Waals surface area contributed by atoms with E-state index in [1.807, 2.05) is 0 Å². The molecule has 0 aromatic heterocycles. The molecule has 1 heterocycles. The van der Waals surface area contributed by atoms with E-state index in [2.05, 4.69) is 33.0 Å². The second kappa shape index (κ2) is 5.51. The van der Waals surface area contributed by atoms with Gasteiger partial charge >= 0.3 is 0 Å². The molecule has 2 nitrogen and oxygen atoms in total. The summed E-state index contributed by atoms with van der Waals surface area (Å²) >= 11 is 5.82. The molecule has 0 aromatic carbocycles. The Bertz CT molecular complexity index is 196. The summed E-state index contributed by atoms with van der Waals surface area (Å²) in [7, 11) is 0. The zero-order valence-electron chi connectivity index (χ0n) is 10.3. The summed E-state index contributed by atoms with van der Waals surface area (Å²) in [4.78, 5) is 0. The molecule has 1 aliphatic rings. The number of halogens is 1. The third-order valence-corrected chi connectivity index (χ3v) is 3.81. The third-order valence-electron chi connectivity index (χ3n) is 3.32. The standard InChI is InChI=1S/C12H24ClNO/c1-9(7-13)10(2)14-8-11-5-6-12(3,4)15-11/h9-11,14H,5-8H2,1-4H3. The summed E-state index contributed by atoms with van der Waals surface area (Å²) in [6.45, 7) is 9.64. The van der Waals surface area contributed by atoms with E-state index >= 15 is 0 Å². The molecule has 0 bridgehead atoms. The lowest BCUT2D eigenvalue weighted by Crippen LogP contribution is -2.38. The third kappa shape index (κ3) is 4.29. The molecule has 90 valence electrons. The van der Waals surface area contributed by atoms with Crippen molar-refractivity contribution in [3.8, 4) is 0 Å². The largest absolute Gasteiger partial charge is 0.371 e. The lowest BCUT2D eigenvalue weighted by atomic mass is 10.0. The molecule has 1 fully saturated rings. The maximum absolute atomic E-state index is 5.92. The number of alkyl halides is 1. The van der Waals surface area contributed by atoms with Crippen LogP contribution in [0.15, 0.2) is 0 Å². The van der Waals surface area contributed by atoms with Gasteiger partial charge in [0, 0.05) is 18.5 Å². The van der Waals surface area contributed by atoms with Crippen LogP contribution in [0.3, 0.4) is 0 Å². The van der Waals surface area contributed by atoms with E-state index in [1.54, 1.807) is 0 Å². The molecular formula is C12H24ClNO. The average Bonchev–Trinajstić information content (AvgIpc) is 2.53. The lowest BCUT2D eigenvalue weighted by Gasteiger charge is -2.23. The van der Waals surface area contributed by atoms with Crippen molar-refractivity contribution in [3.63, 3.8) is 0 Å². The highest BCUT2D eigenvalue weighted by atomic mass is 35.5. The fraction of sp³-hybridized carbons (Fsp3) is 1.00. The minimum Gasteiger partial charge on any atom is -0.371 e. The van der Waals surface area contributed by atoms with Gasteiger partial charge in [-0.2, -0.15) is 0 Å². The second-order valence-electron chi connectivity index (χ2n) is 5.37. The molecule has 0 saturated carbocycles. The molecule has 0 radical (unpaired) electrons. The summed E-state index contributed by atoms with van der Waals surface area (Å²) in [5.74, 6) is 1.23. The molecule has 1 rings (SSSR count). The van der Waals surface area contributed by atoms with Crippen LogP contribution in [-0.2, 0) is 4.74 Å². The SMILES string of the molecule is CC(CCl)C(C)NCC1CCC(C)(C)O1. The predicted octanol–water partition coefficient (Wildman–Crippen LogP) is 2.80. The van der Waals surface area contributed by atoms with Gasteiger partial charge in [-0.05, 0) is 39.5 Å². The van der Waals surface area contributed by atoms with E-state index in [1.165, 1.54) is 12.8 Å². The zero-order chi connectivity index (χ0) is 11.5. The minimum absolute atomic E-state index is 0.0771. The Morgan fingerprint density at radius 3 is 2.60 bits per heavy atom. The van der Waals surface area contributed by atoms with E-state index in [0.29, 0.717) is 23.9 Å². The van der Waals surface area contributed by atoms with E-state index in [4.69, 9.17) is 16.3 Å². The van der Waals surface area contributed by atoms with Gasteiger partial charge in [-0.3, -0.25) is 0 Å². The first-order chi connectivity index (χ1) is 6.94. The lowest BCUT2D eigenvalue weighted by molar-refractivity contribution is -0.0154. The van der Waals surface area contributed by atoms with Crippen molar-refractivity contribution in [1.29, 1.82) is 0 Å². The van der Waals surface area contributed by atoms with Crippen molar-refractivity contribution in [2.24, 2.45) is 5.92 Å². The van der Waals surface area contributed by atoms with Crippen LogP contribution in [0.1, 0.15) is 40.5 Å². The second-order valence-corrected chi connectivity index (χ2v) is 5.68. The predicted molar refractivity (Wildman–Crippen MR) is 65.5 cm³/mol. The van der Waals surface area contributed by atoms with Crippen LogP contribution in [0, 0.1) is 5.92 Å². The van der Waals surface area contributed by atoms with Gasteiger partial charge in [0.25, 0.3) is 0 Å². The Balaban J connectivity index is 2.21. The van der Waals surface area contributed by atoms with Crippen LogP contribution in [-0.4, -0.2) is 30.2 Å². The van der Waals surface area contributed by atoms with Gasteiger partial charge < -0.3 is 10.1 Å². The van der Waals surface area contributed by atoms with Gasteiger partial charge in [0.15, 0.2) is 0 Å². The van der Waals surface area contributed by atoms with Crippen molar-refractivity contribution in [2.45, 2.75) is 58.3 Å². The minimum atomic E-state index is 0.0771. The number of hydrogen-bond acceptors (Lipinski definition) is 2. The summed E-state index contributed by atoms with van der Waals surface area (Å²) < 4.78 is 5.92. The van der Waals surface area contributed by atoms with Crippen molar-refractivity contribution in [2.75, 3.05) is 12.4 Å². The van der Waals surface area contributed by atoms with Gasteiger partial charge in [-0.25, -0.2) is 0 Å². The molecule has 0 aliphatic carbocycles. The van der Waals surface area contributed by atoms with E-state index in [-0.39, 0.29) is 5.60 Å². The first kappa shape index (κ1) is 13.3. The van der Waals surface area contributed by atoms with Crippen LogP contribution in [0.5, 0.6) is 0 Å². The zero-order valence-corrected chi connectivity index (χ0v) is 11.1. The van der Waals surface area contributed by atoms with Gasteiger partial charge in [0.2, 0.25) is 0 Å². The Morgan fingerprint density at radius 2 is 2.13 bits per heavy atom. The normalized spacial score (nSPS) is 29.0. The average molecular weight is 234 g/mol. The summed E-state index contributed by atoms with van der Waals surface area (Å²) in [6.07, 6.45) is 2.71. The smallest absolute Gasteiger partial charge is 0.0707 e. The molecule has 0 spiro atoms. The highest BCUT2D eigenvalue weighted by Crippen LogP contribution is 2.28. The first-order valence-corrected chi connectivity index (χ1v) is 6.45. The molecule has 3 heteroatoms. The van der Waals surface area contributed by atoms with Gasteiger partial charge in [-0.15, -0.1) is 11.6 Å². The van der Waals surface area contributed by atoms with Crippen molar-refractivity contribution in [1.82, 2.24) is 5.32 Å². The number of hydrogen-bond donors (Lipinski definition) is 1. The molecule has 0 aromatic rings. The van der Waals surface area contributed by atoms with E-state index in [9.17, 15) is 0 Å². The van der Waals surface area contributed by atoms with Crippen molar-refractivity contribution < 1.29 is 4.74 Å². The Labute approximate surface area is 98.7 Å². The summed E-state index contributed by atoms with van der Waals surface area (Å²) in [5.41, 5.74) is 0.0771. The molecule has 1 aliphatic heterocycles. The topological polar surface area (TPSA) is 21.3 Å².